The number of carbonyl (C=O) groups excluding carboxylic acids is 1. The van der Waals surface area contributed by atoms with E-state index in [2.05, 4.69) is 20.3 Å². The number of hydrogen-bond acceptors (Lipinski definition) is 5. The van der Waals surface area contributed by atoms with Crippen molar-refractivity contribution in [2.45, 2.75) is 25.4 Å². The van der Waals surface area contributed by atoms with E-state index in [1.165, 1.54) is 0 Å². The molecule has 0 aromatic carbocycles. The van der Waals surface area contributed by atoms with Crippen molar-refractivity contribution in [3.8, 4) is 0 Å². The third-order valence-corrected chi connectivity index (χ3v) is 4.54. The van der Waals surface area contributed by atoms with Gasteiger partial charge >= 0.3 is 6.18 Å². The molecule has 1 amide bonds. The Labute approximate surface area is 154 Å². The van der Waals surface area contributed by atoms with Gasteiger partial charge in [0.05, 0.1) is 0 Å². The molecule has 0 radical (unpaired) electrons. The van der Waals surface area contributed by atoms with Crippen molar-refractivity contribution >= 4 is 11.7 Å². The van der Waals surface area contributed by atoms with Gasteiger partial charge in [0.1, 0.15) is 17.8 Å². The Morgan fingerprint density at radius 3 is 2.63 bits per heavy atom. The molecule has 3 heterocycles. The summed E-state index contributed by atoms with van der Waals surface area (Å²) in [4.78, 5) is 25.5. The molecule has 9 heteroatoms. The maximum atomic E-state index is 12.8. The van der Waals surface area contributed by atoms with Crippen molar-refractivity contribution in [1.82, 2.24) is 20.3 Å². The predicted molar refractivity (Wildman–Crippen MR) is 92.9 cm³/mol. The molecule has 0 atom stereocenters. The van der Waals surface area contributed by atoms with E-state index >= 15 is 0 Å². The number of carbonyl (C=O) groups is 1. The van der Waals surface area contributed by atoms with Gasteiger partial charge in [0, 0.05) is 49.9 Å². The quantitative estimate of drug-likeness (QED) is 0.864. The smallest absolute Gasteiger partial charge is 0.356 e. The lowest BCUT2D eigenvalue weighted by Crippen LogP contribution is -2.41. The number of piperidine rings is 1. The van der Waals surface area contributed by atoms with E-state index in [-0.39, 0.29) is 17.6 Å². The number of amides is 1. The van der Waals surface area contributed by atoms with Crippen LogP contribution in [0.25, 0.3) is 0 Å². The Hall–Kier alpha value is -2.71. The zero-order chi connectivity index (χ0) is 19.3. The highest BCUT2D eigenvalue weighted by atomic mass is 19.4. The molecule has 0 saturated carbocycles. The Bertz CT molecular complexity index is 761. The van der Waals surface area contributed by atoms with Crippen molar-refractivity contribution in [2.24, 2.45) is 5.92 Å². The number of rotatable bonds is 5. The van der Waals surface area contributed by atoms with Gasteiger partial charge in [-0.25, -0.2) is 9.97 Å². The van der Waals surface area contributed by atoms with Crippen LogP contribution in [0.2, 0.25) is 0 Å². The fourth-order valence-electron chi connectivity index (χ4n) is 3.05. The first kappa shape index (κ1) is 19.1. The van der Waals surface area contributed by atoms with Gasteiger partial charge in [-0.15, -0.1) is 0 Å². The van der Waals surface area contributed by atoms with Gasteiger partial charge in [0.15, 0.2) is 0 Å². The maximum Gasteiger partial charge on any atom is 0.433 e. The van der Waals surface area contributed by atoms with Gasteiger partial charge in [-0.3, -0.25) is 9.78 Å². The monoisotopic (exact) mass is 379 g/mol. The van der Waals surface area contributed by atoms with E-state index in [4.69, 9.17) is 0 Å². The minimum absolute atomic E-state index is 0.0238. The zero-order valence-electron chi connectivity index (χ0n) is 14.6. The number of anilines is 1. The minimum Gasteiger partial charge on any atom is -0.356 e. The molecule has 1 saturated heterocycles. The molecule has 1 aliphatic rings. The zero-order valence-corrected chi connectivity index (χ0v) is 14.6. The van der Waals surface area contributed by atoms with Crippen molar-refractivity contribution in [1.29, 1.82) is 0 Å². The maximum absolute atomic E-state index is 12.8. The summed E-state index contributed by atoms with van der Waals surface area (Å²) in [5.41, 5.74) is -0.0428. The summed E-state index contributed by atoms with van der Waals surface area (Å²) in [6.07, 6.45) is -0.0591. The molecule has 1 aliphatic heterocycles. The van der Waals surface area contributed by atoms with Crippen LogP contribution in [0.3, 0.4) is 0 Å². The molecule has 27 heavy (non-hydrogen) atoms. The highest BCUT2D eigenvalue weighted by Gasteiger charge is 2.34. The van der Waals surface area contributed by atoms with E-state index in [1.54, 1.807) is 11.1 Å². The first-order chi connectivity index (χ1) is 12.9. The van der Waals surface area contributed by atoms with E-state index in [9.17, 15) is 18.0 Å². The summed E-state index contributed by atoms with van der Waals surface area (Å²) >= 11 is 0. The Morgan fingerprint density at radius 2 is 1.96 bits per heavy atom. The van der Waals surface area contributed by atoms with Gasteiger partial charge in [-0.2, -0.15) is 13.2 Å². The minimum atomic E-state index is -4.50. The van der Waals surface area contributed by atoms with Crippen molar-refractivity contribution < 1.29 is 18.0 Å². The van der Waals surface area contributed by atoms with Crippen molar-refractivity contribution in [3.05, 3.63) is 48.2 Å². The summed E-state index contributed by atoms with van der Waals surface area (Å²) in [5, 5.41) is 2.91. The standard InChI is InChI=1S/C18H20F3N5O/c19-18(20,21)15-11-16(25-12-24-15)26-9-5-13(6-10-26)17(27)23-8-4-14-3-1-2-7-22-14/h1-3,7,11-13H,4-6,8-10H2,(H,23,27). The topological polar surface area (TPSA) is 71.0 Å². The summed E-state index contributed by atoms with van der Waals surface area (Å²) in [6.45, 7) is 1.47. The number of aromatic nitrogens is 3. The average molecular weight is 379 g/mol. The van der Waals surface area contributed by atoms with E-state index in [0.717, 1.165) is 18.1 Å². The number of pyridine rings is 1. The van der Waals surface area contributed by atoms with Crippen LogP contribution in [0.15, 0.2) is 36.8 Å². The Morgan fingerprint density at radius 1 is 1.19 bits per heavy atom. The second-order valence-electron chi connectivity index (χ2n) is 6.38. The second kappa shape index (κ2) is 8.32. The van der Waals surface area contributed by atoms with Crippen molar-refractivity contribution in [3.63, 3.8) is 0 Å². The summed E-state index contributed by atoms with van der Waals surface area (Å²) < 4.78 is 38.3. The summed E-state index contributed by atoms with van der Waals surface area (Å²) in [6, 6.07) is 6.59. The van der Waals surface area contributed by atoms with Crippen LogP contribution < -0.4 is 10.2 Å². The van der Waals surface area contributed by atoms with Crippen LogP contribution in [-0.4, -0.2) is 40.5 Å². The fraction of sp³-hybridized carbons (Fsp3) is 0.444. The van der Waals surface area contributed by atoms with E-state index < -0.39 is 11.9 Å². The van der Waals surface area contributed by atoms with Crippen LogP contribution in [0.4, 0.5) is 19.0 Å². The molecule has 0 aliphatic carbocycles. The van der Waals surface area contributed by atoms with Gasteiger partial charge in [0.2, 0.25) is 5.91 Å². The third-order valence-electron chi connectivity index (χ3n) is 4.54. The molecule has 1 fully saturated rings. The van der Waals surface area contributed by atoms with Gasteiger partial charge in [-0.05, 0) is 25.0 Å². The lowest BCUT2D eigenvalue weighted by Gasteiger charge is -2.32. The van der Waals surface area contributed by atoms with Gasteiger partial charge < -0.3 is 10.2 Å². The molecule has 1 N–H and O–H groups in total. The Balaban J connectivity index is 1.48. The Kier molecular flexibility index (Phi) is 5.88. The van der Waals surface area contributed by atoms with Crippen molar-refractivity contribution in [2.75, 3.05) is 24.5 Å². The molecule has 144 valence electrons. The van der Waals surface area contributed by atoms with Crippen LogP contribution in [0.1, 0.15) is 24.2 Å². The number of nitrogens with zero attached hydrogens (tertiary/aromatic N) is 4. The van der Waals surface area contributed by atoms with Gasteiger partial charge in [-0.1, -0.05) is 6.07 Å². The SMILES string of the molecule is O=C(NCCc1ccccn1)C1CCN(c2cc(C(F)(F)F)ncn2)CC1. The largest absolute Gasteiger partial charge is 0.433 e. The van der Waals surface area contributed by atoms with Gasteiger partial charge in [0.25, 0.3) is 0 Å². The van der Waals surface area contributed by atoms with E-state index in [1.807, 2.05) is 18.2 Å². The number of alkyl halides is 3. The third kappa shape index (κ3) is 5.15. The van der Waals surface area contributed by atoms with Crippen LogP contribution in [-0.2, 0) is 17.4 Å². The molecule has 0 bridgehead atoms. The van der Waals surface area contributed by atoms with Crippen LogP contribution in [0, 0.1) is 5.92 Å². The first-order valence-electron chi connectivity index (χ1n) is 8.75. The molecule has 2 aromatic rings. The van der Waals surface area contributed by atoms with Crippen LogP contribution >= 0.6 is 0 Å². The molecule has 0 unspecified atom stereocenters. The lowest BCUT2D eigenvalue weighted by atomic mass is 9.96. The summed E-state index contributed by atoms with van der Waals surface area (Å²) in [7, 11) is 0. The molecule has 3 rings (SSSR count). The highest BCUT2D eigenvalue weighted by Crippen LogP contribution is 2.30. The average Bonchev–Trinajstić information content (AvgIpc) is 2.68. The first-order valence-corrected chi connectivity index (χ1v) is 8.75. The van der Waals surface area contributed by atoms with Crippen LogP contribution in [0.5, 0.6) is 0 Å². The molecular weight excluding hydrogens is 359 g/mol. The van der Waals surface area contributed by atoms with E-state index in [0.29, 0.717) is 38.9 Å². The second-order valence-corrected chi connectivity index (χ2v) is 6.38. The number of halogens is 3. The molecule has 2 aromatic heterocycles. The molecule has 6 nitrogen and oxygen atoms in total. The molecular formula is C18H20F3N5O. The normalized spacial score (nSPS) is 15.6. The number of nitrogens with one attached hydrogen (secondary N) is 1. The highest BCUT2D eigenvalue weighted by molar-refractivity contribution is 5.79. The predicted octanol–water partition coefficient (Wildman–Crippen LogP) is 2.47. The number of hydrogen-bond donors (Lipinski definition) is 1. The fourth-order valence-corrected chi connectivity index (χ4v) is 3.05. The lowest BCUT2D eigenvalue weighted by molar-refractivity contribution is -0.141. The summed E-state index contributed by atoms with van der Waals surface area (Å²) in [5.74, 6) is 0.0736. The molecule has 0 spiro atoms.